The van der Waals surface area contributed by atoms with Gasteiger partial charge < -0.3 is 14.6 Å². The van der Waals surface area contributed by atoms with Crippen LogP contribution in [0.4, 0.5) is 0 Å². The molecule has 0 aliphatic heterocycles. The summed E-state index contributed by atoms with van der Waals surface area (Å²) >= 11 is 0. The molecule has 0 aromatic heterocycles. The van der Waals surface area contributed by atoms with Gasteiger partial charge in [0.1, 0.15) is 12.2 Å². The number of hydrogen-bond donors (Lipinski definition) is 1. The summed E-state index contributed by atoms with van der Waals surface area (Å²) in [5.74, 6) is 9.65. The maximum Gasteiger partial charge on any atom is 0.302 e. The molecule has 15 rings (SSSR count). The van der Waals surface area contributed by atoms with Gasteiger partial charge in [-0.25, -0.2) is 0 Å². The first-order valence-electron chi connectivity index (χ1n) is 42.7. The molecule has 0 amide bonds. The molecule has 0 saturated heterocycles. The minimum atomic E-state index is -0.118. The Balaban J connectivity index is 0.000000134. The molecule has 13 fully saturated rings. The Kier molecular flexibility index (Phi) is 18.3. The third kappa shape index (κ3) is 10.6. The van der Waals surface area contributed by atoms with Crippen molar-refractivity contribution in [2.24, 2.45) is 164 Å². The third-order valence-corrected chi connectivity index (χ3v) is 40.4. The van der Waals surface area contributed by atoms with E-state index in [4.69, 9.17) is 9.47 Å². The molecule has 99 heavy (non-hydrogen) atoms. The van der Waals surface area contributed by atoms with Gasteiger partial charge in [-0.3, -0.25) is 9.59 Å². The molecular weight excluding hydrogens is 1210 g/mol. The SMILES string of the molecule is C=C(C)[C@@H]1CC[C@]2(C)CC[C@]3(C)C(CC[C@@H]4[C@@]5(C)CC[C@H](O)C(C)(C)[C@@H]5CC[C@]43C)[C@@H]12.CC(=O)O[C@H]1CC[C@]2(C)[C@H]3CC=C4C5CC(C)(C)CC[C@]5(C)CC[C@@]4(C)[C@]3(C)CC[C@H]2C1(C)C.CC(=O)O[C@H]1CC[C@]2(C)[C@H]3CC=C4C5[C@@H](C)[C@H](C)CC[C@]5(C)CC[C@@]4(C)[C@]3(C)CC[C@H]2C1(C)C. The highest BCUT2D eigenvalue weighted by Gasteiger charge is 2.73. The summed E-state index contributed by atoms with van der Waals surface area (Å²) in [4.78, 5) is 23.8. The fourth-order valence-electron chi connectivity index (χ4n) is 33.6. The van der Waals surface area contributed by atoms with Gasteiger partial charge in [0.2, 0.25) is 0 Å². The predicted octanol–water partition coefficient (Wildman–Crippen LogP) is 25.4. The molecule has 5 heteroatoms. The maximum absolute atomic E-state index is 11.9. The highest BCUT2D eigenvalue weighted by atomic mass is 16.5. The van der Waals surface area contributed by atoms with E-state index in [-0.39, 0.29) is 46.5 Å². The number of aliphatic hydroxyl groups excluding tert-OH is 1. The molecule has 560 valence electrons. The fraction of sp³-hybridized carbons (Fsp3) is 0.915. The van der Waals surface area contributed by atoms with E-state index in [0.717, 1.165) is 78.4 Å². The predicted molar refractivity (Wildman–Crippen MR) is 411 cm³/mol. The number of allylic oxidation sites excluding steroid dienone is 5. The minimum absolute atomic E-state index is 0.0450. The molecule has 15 aliphatic carbocycles. The summed E-state index contributed by atoms with van der Waals surface area (Å²) in [7, 11) is 0. The normalized spacial score (nSPS) is 54.2. The standard InChI is InChI=1S/2C32H52O2.C30H50O/c1-20-12-15-29(6)18-19-31(8)23(27(29)21(20)2)10-11-25-30(7)16-14-26(34-22(3)33)28(4,5)24(30)13-17-32(25,31)9;1-21(33)34-26-13-14-30(7)24(28(26,4)5)12-15-32(9)25(30)11-10-22-23-20-27(2,3)16-17-29(23,6)18-19-31(22,32)8;1-19(2)20-11-14-27(5)17-18-29(7)21(25(20)27)9-10-23-28(6)15-13-24(31)26(3,4)22(28)12-16-30(23,29)8/h10,20-21,24-27H,11-19H2,1-9H3;10,23-26H,11-20H2,1-9H3;20-25,31H,1,9-18H2,2-8H3/t20-,21+,24+,25-,26+,27?,29-,30+,31-,32-;23?,24-,25+,26-,29+,30-,31+,32+;20-,21?,22-,23+,24-,25+,27+,28-,29+,30+/m100/s1. The third-order valence-electron chi connectivity index (χ3n) is 40.4. The van der Waals surface area contributed by atoms with Crippen molar-refractivity contribution in [3.63, 3.8) is 0 Å². The van der Waals surface area contributed by atoms with Crippen molar-refractivity contribution >= 4 is 11.9 Å². The fourth-order valence-corrected chi connectivity index (χ4v) is 33.6. The molecule has 0 bridgehead atoms. The van der Waals surface area contributed by atoms with Crippen molar-refractivity contribution in [1.29, 1.82) is 0 Å². The van der Waals surface area contributed by atoms with Crippen LogP contribution in [0.2, 0.25) is 0 Å². The zero-order valence-corrected chi connectivity index (χ0v) is 69.2. The van der Waals surface area contributed by atoms with Gasteiger partial charge >= 0.3 is 11.9 Å². The van der Waals surface area contributed by atoms with Crippen LogP contribution in [0.1, 0.15) is 359 Å². The molecule has 5 nitrogen and oxygen atoms in total. The zero-order chi connectivity index (χ0) is 72.5. The Morgan fingerprint density at radius 1 is 0.424 bits per heavy atom. The van der Waals surface area contributed by atoms with Crippen LogP contribution in [0.15, 0.2) is 35.5 Å². The van der Waals surface area contributed by atoms with E-state index in [1.54, 1.807) is 13.8 Å². The summed E-state index contributed by atoms with van der Waals surface area (Å²) in [6, 6.07) is 0. The monoisotopic (exact) mass is 1360 g/mol. The van der Waals surface area contributed by atoms with Crippen LogP contribution in [0, 0.1) is 164 Å². The van der Waals surface area contributed by atoms with E-state index < -0.39 is 0 Å². The van der Waals surface area contributed by atoms with Crippen molar-refractivity contribution in [1.82, 2.24) is 0 Å². The topological polar surface area (TPSA) is 72.8 Å². The van der Waals surface area contributed by atoms with Gasteiger partial charge in [0.25, 0.3) is 0 Å². The van der Waals surface area contributed by atoms with E-state index in [1.165, 1.54) is 173 Å². The summed E-state index contributed by atoms with van der Waals surface area (Å²) in [6.07, 6.45) is 43.8. The smallest absolute Gasteiger partial charge is 0.302 e. The highest BCUT2D eigenvalue weighted by molar-refractivity contribution is 5.66. The molecule has 15 aliphatic rings. The number of carbonyl (C=O) groups is 2. The van der Waals surface area contributed by atoms with E-state index in [0.29, 0.717) is 88.1 Å². The quantitative estimate of drug-likeness (QED) is 0.225. The first-order valence-corrected chi connectivity index (χ1v) is 42.7. The molecule has 0 radical (unpaired) electrons. The highest BCUT2D eigenvalue weighted by Crippen LogP contribution is 2.81. The number of carbonyl (C=O) groups excluding carboxylic acids is 2. The molecular formula is C94H154O5. The number of esters is 2. The average Bonchev–Trinajstić information content (AvgIpc) is 1.18. The Hall–Kier alpha value is -1.88. The van der Waals surface area contributed by atoms with Crippen LogP contribution in [0.5, 0.6) is 0 Å². The summed E-state index contributed by atoms with van der Waals surface area (Å²) in [6.45, 7) is 66.5. The lowest BCUT2D eigenvalue weighted by Gasteiger charge is -2.73. The van der Waals surface area contributed by atoms with E-state index >= 15 is 0 Å². The van der Waals surface area contributed by atoms with Crippen molar-refractivity contribution in [2.75, 3.05) is 0 Å². The molecule has 0 aromatic carbocycles. The van der Waals surface area contributed by atoms with E-state index in [2.05, 4.69) is 178 Å². The van der Waals surface area contributed by atoms with Gasteiger partial charge in [-0.1, -0.05) is 188 Å². The molecule has 0 heterocycles. The lowest BCUT2D eigenvalue weighted by Crippen LogP contribution is -2.66. The van der Waals surface area contributed by atoms with Gasteiger partial charge in [0.05, 0.1) is 6.10 Å². The minimum Gasteiger partial charge on any atom is -0.462 e. The Labute approximate surface area is 609 Å². The van der Waals surface area contributed by atoms with Crippen LogP contribution < -0.4 is 0 Å². The average molecular weight is 1360 g/mol. The molecule has 3 unspecified atom stereocenters. The number of fused-ring (bicyclic) bond motifs is 21. The van der Waals surface area contributed by atoms with Crippen LogP contribution >= 0.6 is 0 Å². The van der Waals surface area contributed by atoms with Crippen LogP contribution in [-0.4, -0.2) is 35.4 Å². The first kappa shape index (κ1) is 75.4. The van der Waals surface area contributed by atoms with Crippen LogP contribution in [0.25, 0.3) is 0 Å². The summed E-state index contributed by atoms with van der Waals surface area (Å²) < 4.78 is 11.8. The maximum atomic E-state index is 11.9. The zero-order valence-electron chi connectivity index (χ0n) is 69.2. The van der Waals surface area contributed by atoms with E-state index in [9.17, 15) is 14.7 Å². The van der Waals surface area contributed by atoms with Crippen molar-refractivity contribution in [2.45, 2.75) is 378 Å². The van der Waals surface area contributed by atoms with E-state index in [1.807, 2.05) is 11.1 Å². The largest absolute Gasteiger partial charge is 0.462 e. The Bertz CT molecular complexity index is 3210. The lowest BCUT2D eigenvalue weighted by molar-refractivity contribution is -0.246. The molecule has 0 aromatic rings. The van der Waals surface area contributed by atoms with Crippen molar-refractivity contribution < 1.29 is 24.2 Å². The van der Waals surface area contributed by atoms with Gasteiger partial charge in [-0.05, 0) is 346 Å². The van der Waals surface area contributed by atoms with Crippen molar-refractivity contribution in [3.8, 4) is 0 Å². The molecule has 28 atom stereocenters. The number of hydrogen-bond acceptors (Lipinski definition) is 5. The summed E-state index contributed by atoms with van der Waals surface area (Å²) in [5.41, 5.74) is 10.7. The first-order chi connectivity index (χ1) is 45.6. The van der Waals surface area contributed by atoms with Crippen LogP contribution in [0.3, 0.4) is 0 Å². The summed E-state index contributed by atoms with van der Waals surface area (Å²) in [5, 5.41) is 10.9. The lowest BCUT2D eigenvalue weighted by atomic mass is 9.32. The van der Waals surface area contributed by atoms with Crippen molar-refractivity contribution in [3.05, 3.63) is 35.5 Å². The number of rotatable bonds is 3. The second-order valence-corrected chi connectivity index (χ2v) is 45.8. The Morgan fingerprint density at radius 3 is 1.41 bits per heavy atom. The molecule has 0 spiro atoms. The Morgan fingerprint density at radius 2 is 0.879 bits per heavy atom. The van der Waals surface area contributed by atoms with Crippen LogP contribution in [-0.2, 0) is 19.1 Å². The van der Waals surface area contributed by atoms with Gasteiger partial charge in [-0.15, -0.1) is 0 Å². The number of aliphatic hydroxyl groups is 1. The van der Waals surface area contributed by atoms with Gasteiger partial charge in [0.15, 0.2) is 0 Å². The number of ether oxygens (including phenoxy) is 2. The van der Waals surface area contributed by atoms with Gasteiger partial charge in [-0.2, -0.15) is 0 Å². The second kappa shape index (κ2) is 24.1. The van der Waals surface area contributed by atoms with Gasteiger partial charge in [0, 0.05) is 24.7 Å². The molecule has 1 N–H and O–H groups in total. The molecule has 13 saturated carbocycles. The second-order valence-electron chi connectivity index (χ2n) is 45.8.